The predicted octanol–water partition coefficient (Wildman–Crippen LogP) is 2.42. The van der Waals surface area contributed by atoms with Crippen molar-refractivity contribution in [1.29, 1.82) is 0 Å². The molecular weight excluding hydrogens is 324 g/mol. The molecule has 0 aromatic heterocycles. The molecule has 2 amide bonds. The number of hydrogen-bond acceptors (Lipinski definition) is 4. The van der Waals surface area contributed by atoms with Crippen LogP contribution in [0.4, 0.5) is 28.0 Å². The molecule has 0 bridgehead atoms. The quantitative estimate of drug-likeness (QED) is 0.491. The lowest BCUT2D eigenvalue weighted by atomic mass is 10.2. The highest BCUT2D eigenvalue weighted by molar-refractivity contribution is 5.94. The van der Waals surface area contributed by atoms with Gasteiger partial charge in [-0.1, -0.05) is 12.1 Å². The Hall–Kier alpha value is -2.36. The summed E-state index contributed by atoms with van der Waals surface area (Å²) in [6.07, 6.45) is -5.30. The van der Waals surface area contributed by atoms with E-state index >= 15 is 0 Å². The summed E-state index contributed by atoms with van der Waals surface area (Å²) in [6.45, 7) is 0.921. The zero-order valence-corrected chi connectivity index (χ0v) is 12.2. The number of methoxy groups -OCH3 is 1. The number of para-hydroxylation sites is 1. The van der Waals surface area contributed by atoms with Crippen LogP contribution in [0.3, 0.4) is 0 Å². The van der Waals surface area contributed by atoms with Crippen molar-refractivity contribution in [3.05, 3.63) is 30.1 Å². The third-order valence-corrected chi connectivity index (χ3v) is 2.68. The molecule has 0 radical (unpaired) electrons. The van der Waals surface area contributed by atoms with Crippen LogP contribution in [0.5, 0.6) is 0 Å². The van der Waals surface area contributed by atoms with E-state index in [-0.39, 0.29) is 12.3 Å². The number of anilines is 1. The van der Waals surface area contributed by atoms with Gasteiger partial charge in [0.15, 0.2) is 0 Å². The number of nitrogens with one attached hydrogen (secondary N) is 2. The molecule has 0 fully saturated rings. The van der Waals surface area contributed by atoms with Crippen LogP contribution in [0.15, 0.2) is 24.3 Å². The number of benzene rings is 1. The van der Waals surface area contributed by atoms with Crippen molar-refractivity contribution in [3.63, 3.8) is 0 Å². The Morgan fingerprint density at radius 2 is 1.83 bits per heavy atom. The second kappa shape index (κ2) is 7.27. The van der Waals surface area contributed by atoms with E-state index in [0.717, 1.165) is 12.1 Å². The molecule has 0 saturated heterocycles. The molecule has 1 aromatic carbocycles. The number of urea groups is 1. The highest BCUT2D eigenvalue weighted by Gasteiger charge is 2.64. The number of hydrogen-bond donors (Lipinski definition) is 2. The summed E-state index contributed by atoms with van der Waals surface area (Å²) >= 11 is 0. The van der Waals surface area contributed by atoms with E-state index in [1.54, 1.807) is 0 Å². The maximum absolute atomic E-state index is 13.4. The number of amides is 2. The van der Waals surface area contributed by atoms with Crippen LogP contribution in [-0.4, -0.2) is 37.6 Å². The first-order valence-electron chi connectivity index (χ1n) is 6.30. The van der Waals surface area contributed by atoms with E-state index in [9.17, 15) is 27.2 Å². The minimum Gasteiger partial charge on any atom is -0.462 e. The van der Waals surface area contributed by atoms with Gasteiger partial charge in [0.2, 0.25) is 0 Å². The van der Waals surface area contributed by atoms with Crippen molar-refractivity contribution in [2.24, 2.45) is 0 Å². The zero-order chi connectivity index (χ0) is 17.7. The Labute approximate surface area is 128 Å². The molecule has 10 heteroatoms. The summed E-state index contributed by atoms with van der Waals surface area (Å²) < 4.78 is 61.4. The summed E-state index contributed by atoms with van der Waals surface area (Å²) in [5.74, 6) is -2.72. The number of rotatable bonds is 5. The molecule has 23 heavy (non-hydrogen) atoms. The lowest BCUT2D eigenvalue weighted by Gasteiger charge is -2.32. The van der Waals surface area contributed by atoms with Crippen LogP contribution in [0.2, 0.25) is 0 Å². The molecule has 0 aliphatic heterocycles. The van der Waals surface area contributed by atoms with Crippen molar-refractivity contribution < 1.29 is 36.6 Å². The van der Waals surface area contributed by atoms with E-state index in [1.165, 1.54) is 24.4 Å². The summed E-state index contributed by atoms with van der Waals surface area (Å²) in [6, 6.07) is 3.31. The van der Waals surface area contributed by atoms with Gasteiger partial charge in [0.1, 0.15) is 5.82 Å². The molecule has 2 N–H and O–H groups in total. The minimum absolute atomic E-state index is 0.364. The minimum atomic E-state index is -5.30. The molecule has 0 aliphatic rings. The van der Waals surface area contributed by atoms with Gasteiger partial charge < -0.3 is 14.8 Å². The smallest absolute Gasteiger partial charge is 0.448 e. The fourth-order valence-electron chi connectivity index (χ4n) is 1.60. The van der Waals surface area contributed by atoms with E-state index in [1.807, 2.05) is 5.32 Å². The number of esters is 1. The predicted molar refractivity (Wildman–Crippen MR) is 71.0 cm³/mol. The highest BCUT2D eigenvalue weighted by Crippen LogP contribution is 2.32. The average Bonchev–Trinajstić information content (AvgIpc) is 2.46. The van der Waals surface area contributed by atoms with Crippen molar-refractivity contribution in [3.8, 4) is 0 Å². The highest BCUT2D eigenvalue weighted by atomic mass is 19.4. The maximum Gasteiger partial charge on any atom is 0.448 e. The fraction of sp³-hybridized carbons (Fsp3) is 0.385. The van der Waals surface area contributed by atoms with Crippen LogP contribution in [0, 0.1) is 5.82 Å². The Morgan fingerprint density at radius 3 is 2.30 bits per heavy atom. The van der Waals surface area contributed by atoms with Gasteiger partial charge in [-0.15, -0.1) is 0 Å². The lowest BCUT2D eigenvalue weighted by molar-refractivity contribution is -0.276. The monoisotopic (exact) mass is 338 g/mol. The Balaban J connectivity index is 3.03. The van der Waals surface area contributed by atoms with Gasteiger partial charge in [-0.2, -0.15) is 13.2 Å². The Kier molecular flexibility index (Phi) is 5.91. The molecule has 0 aliphatic carbocycles. The zero-order valence-electron chi connectivity index (χ0n) is 12.2. The van der Waals surface area contributed by atoms with Gasteiger partial charge in [0.25, 0.3) is 0 Å². The van der Waals surface area contributed by atoms with Crippen molar-refractivity contribution in [2.45, 2.75) is 18.8 Å². The molecule has 0 heterocycles. The third-order valence-electron chi connectivity index (χ3n) is 2.68. The SMILES string of the molecule is CCOC(=O)[C@@](NC(=O)Nc1ccccc1F)(OC)C(F)(F)F. The van der Waals surface area contributed by atoms with Crippen molar-refractivity contribution >= 4 is 17.7 Å². The van der Waals surface area contributed by atoms with Crippen LogP contribution >= 0.6 is 0 Å². The number of carbonyl (C=O) groups is 2. The fourth-order valence-corrected chi connectivity index (χ4v) is 1.60. The first-order chi connectivity index (χ1) is 10.7. The number of carbonyl (C=O) groups excluding carboxylic acids is 2. The summed E-state index contributed by atoms with van der Waals surface area (Å²) in [7, 11) is 0.577. The standard InChI is InChI=1S/C13H14F4N2O4/c1-3-23-10(20)12(22-2,13(15,16)17)19-11(21)18-9-7-5-4-6-8(9)14/h4-7H,3H2,1-2H3,(H2,18,19,21)/t12-/m1/s1. The summed E-state index contributed by atoms with van der Waals surface area (Å²) in [4.78, 5) is 23.3. The van der Waals surface area contributed by atoms with Gasteiger partial charge in [0, 0.05) is 7.11 Å². The Morgan fingerprint density at radius 1 is 1.22 bits per heavy atom. The van der Waals surface area contributed by atoms with Gasteiger partial charge >= 0.3 is 23.9 Å². The van der Waals surface area contributed by atoms with Gasteiger partial charge in [-0.05, 0) is 19.1 Å². The molecule has 128 valence electrons. The first kappa shape index (κ1) is 18.7. The number of alkyl halides is 3. The summed E-state index contributed by atoms with van der Waals surface area (Å²) in [5, 5.41) is 3.20. The van der Waals surface area contributed by atoms with Crippen LogP contribution in [0.25, 0.3) is 0 Å². The van der Waals surface area contributed by atoms with Crippen LogP contribution in [0.1, 0.15) is 6.92 Å². The normalized spacial score (nSPS) is 13.8. The molecule has 1 aromatic rings. The topological polar surface area (TPSA) is 76.7 Å². The second-order valence-corrected chi connectivity index (χ2v) is 4.16. The van der Waals surface area contributed by atoms with Gasteiger partial charge in [0.05, 0.1) is 12.3 Å². The molecule has 0 saturated carbocycles. The largest absolute Gasteiger partial charge is 0.462 e. The van der Waals surface area contributed by atoms with E-state index < -0.39 is 29.7 Å². The van der Waals surface area contributed by atoms with E-state index in [2.05, 4.69) is 9.47 Å². The molecular formula is C13H14F4N2O4. The van der Waals surface area contributed by atoms with E-state index in [0.29, 0.717) is 7.11 Å². The molecule has 1 rings (SSSR count). The average molecular weight is 338 g/mol. The molecule has 1 atom stereocenters. The van der Waals surface area contributed by atoms with Crippen molar-refractivity contribution in [2.75, 3.05) is 19.0 Å². The number of halogens is 4. The Bertz CT molecular complexity index is 579. The third kappa shape index (κ3) is 4.09. The van der Waals surface area contributed by atoms with Crippen molar-refractivity contribution in [1.82, 2.24) is 5.32 Å². The van der Waals surface area contributed by atoms with Crippen LogP contribution in [-0.2, 0) is 14.3 Å². The number of ether oxygens (including phenoxy) is 2. The maximum atomic E-state index is 13.4. The van der Waals surface area contributed by atoms with Crippen LogP contribution < -0.4 is 10.6 Å². The lowest BCUT2D eigenvalue weighted by Crippen LogP contribution is -2.66. The first-order valence-corrected chi connectivity index (χ1v) is 6.30. The summed E-state index contributed by atoms with van der Waals surface area (Å²) in [5.41, 5.74) is -4.08. The van der Waals surface area contributed by atoms with Gasteiger partial charge in [-0.3, -0.25) is 5.32 Å². The van der Waals surface area contributed by atoms with E-state index in [4.69, 9.17) is 0 Å². The molecule has 6 nitrogen and oxygen atoms in total. The molecule has 0 unspecified atom stereocenters. The second-order valence-electron chi connectivity index (χ2n) is 4.16. The van der Waals surface area contributed by atoms with Gasteiger partial charge in [-0.25, -0.2) is 14.0 Å². The molecule has 0 spiro atoms.